The molecule has 2 N–H and O–H groups in total. The average Bonchev–Trinajstić information content (AvgIpc) is 2.17. The maximum Gasteiger partial charge on any atom is 0.146 e. The molecule has 0 amide bonds. The van der Waals surface area contributed by atoms with E-state index in [1.54, 1.807) is 6.07 Å². The van der Waals surface area contributed by atoms with E-state index >= 15 is 0 Å². The first kappa shape index (κ1) is 12.1. The van der Waals surface area contributed by atoms with Crippen molar-refractivity contribution in [2.24, 2.45) is 5.73 Å². The Bertz CT molecular complexity index is 328. The van der Waals surface area contributed by atoms with Crippen LogP contribution in [0.15, 0.2) is 18.5 Å². The number of hydrogen-bond donors (Lipinski definition) is 1. The van der Waals surface area contributed by atoms with Crippen LogP contribution in [-0.2, 0) is 4.74 Å². The standard InChI is InChI=1S/C11H17FN2O/c1-4-15-11(2,3)10(13)8-5-6-14-7-9(8)12/h5-7,10H,4,13H2,1-3H3. The summed E-state index contributed by atoms with van der Waals surface area (Å²) in [5.41, 5.74) is 5.81. The van der Waals surface area contributed by atoms with E-state index in [1.807, 2.05) is 20.8 Å². The molecule has 0 aliphatic carbocycles. The second-order valence-electron chi connectivity index (χ2n) is 3.91. The molecule has 0 bridgehead atoms. The van der Waals surface area contributed by atoms with Gasteiger partial charge < -0.3 is 10.5 Å². The predicted molar refractivity (Wildman–Crippen MR) is 56.8 cm³/mol. The minimum Gasteiger partial charge on any atom is -0.374 e. The fourth-order valence-electron chi connectivity index (χ4n) is 1.47. The Kier molecular flexibility index (Phi) is 3.77. The molecule has 1 rings (SSSR count). The lowest BCUT2D eigenvalue weighted by atomic mass is 9.93. The Morgan fingerprint density at radius 1 is 1.60 bits per heavy atom. The number of nitrogens with zero attached hydrogens (tertiary/aromatic N) is 1. The molecule has 0 radical (unpaired) electrons. The summed E-state index contributed by atoms with van der Waals surface area (Å²) in [6.45, 7) is 6.13. The van der Waals surface area contributed by atoms with Crippen LogP contribution in [0.5, 0.6) is 0 Å². The molecule has 15 heavy (non-hydrogen) atoms. The first-order valence-corrected chi connectivity index (χ1v) is 4.98. The first-order valence-electron chi connectivity index (χ1n) is 4.98. The van der Waals surface area contributed by atoms with Gasteiger partial charge in [-0.05, 0) is 26.8 Å². The summed E-state index contributed by atoms with van der Waals surface area (Å²) in [4.78, 5) is 3.68. The molecule has 1 atom stereocenters. The van der Waals surface area contributed by atoms with E-state index in [0.29, 0.717) is 12.2 Å². The van der Waals surface area contributed by atoms with Gasteiger partial charge in [-0.1, -0.05) is 0 Å². The summed E-state index contributed by atoms with van der Waals surface area (Å²) in [6.07, 6.45) is 2.69. The summed E-state index contributed by atoms with van der Waals surface area (Å²) >= 11 is 0. The Hall–Kier alpha value is -1.00. The van der Waals surface area contributed by atoms with Crippen molar-refractivity contribution in [2.75, 3.05) is 6.61 Å². The van der Waals surface area contributed by atoms with Crippen molar-refractivity contribution in [3.63, 3.8) is 0 Å². The SMILES string of the molecule is CCOC(C)(C)C(N)c1ccncc1F. The Labute approximate surface area is 89.5 Å². The molecular formula is C11H17FN2O. The molecule has 0 saturated heterocycles. The van der Waals surface area contributed by atoms with E-state index in [0.717, 1.165) is 6.20 Å². The lowest BCUT2D eigenvalue weighted by molar-refractivity contribution is -0.0305. The molecule has 4 heteroatoms. The van der Waals surface area contributed by atoms with Gasteiger partial charge in [0.05, 0.1) is 17.8 Å². The topological polar surface area (TPSA) is 48.1 Å². The van der Waals surface area contributed by atoms with Gasteiger partial charge in [-0.15, -0.1) is 0 Å². The normalized spacial score (nSPS) is 13.9. The highest BCUT2D eigenvalue weighted by molar-refractivity contribution is 5.19. The van der Waals surface area contributed by atoms with Gasteiger partial charge in [-0.25, -0.2) is 4.39 Å². The molecule has 3 nitrogen and oxygen atoms in total. The second kappa shape index (κ2) is 4.68. The van der Waals surface area contributed by atoms with Gasteiger partial charge in [-0.2, -0.15) is 0 Å². The number of pyridine rings is 1. The first-order chi connectivity index (χ1) is 6.99. The van der Waals surface area contributed by atoms with Gasteiger partial charge in [0.1, 0.15) is 5.82 Å². The summed E-state index contributed by atoms with van der Waals surface area (Å²) < 4.78 is 18.9. The minimum atomic E-state index is -0.586. The zero-order valence-electron chi connectivity index (χ0n) is 9.33. The van der Waals surface area contributed by atoms with Crippen LogP contribution in [-0.4, -0.2) is 17.2 Å². The van der Waals surface area contributed by atoms with E-state index in [9.17, 15) is 4.39 Å². The van der Waals surface area contributed by atoms with E-state index < -0.39 is 17.5 Å². The maximum atomic E-state index is 13.4. The number of ether oxygens (including phenoxy) is 1. The molecule has 1 aromatic rings. The van der Waals surface area contributed by atoms with Crippen molar-refractivity contribution < 1.29 is 9.13 Å². The molecule has 1 heterocycles. The molecular weight excluding hydrogens is 195 g/mol. The number of rotatable bonds is 4. The summed E-state index contributed by atoms with van der Waals surface area (Å²) in [6, 6.07) is 1.08. The van der Waals surface area contributed by atoms with E-state index in [-0.39, 0.29) is 0 Å². The van der Waals surface area contributed by atoms with Crippen LogP contribution in [0.25, 0.3) is 0 Å². The monoisotopic (exact) mass is 212 g/mol. The van der Waals surface area contributed by atoms with E-state index in [1.165, 1.54) is 6.20 Å². The summed E-state index contributed by atoms with van der Waals surface area (Å²) in [5.74, 6) is -0.391. The second-order valence-corrected chi connectivity index (χ2v) is 3.91. The minimum absolute atomic E-state index is 0.391. The van der Waals surface area contributed by atoms with Crippen molar-refractivity contribution in [3.8, 4) is 0 Å². The fourth-order valence-corrected chi connectivity index (χ4v) is 1.47. The predicted octanol–water partition coefficient (Wildman–Crippen LogP) is 2.04. The van der Waals surface area contributed by atoms with Crippen LogP contribution in [0, 0.1) is 5.82 Å². The van der Waals surface area contributed by atoms with Gasteiger partial charge in [0.25, 0.3) is 0 Å². The van der Waals surface area contributed by atoms with Crippen LogP contribution in [0.3, 0.4) is 0 Å². The number of nitrogens with two attached hydrogens (primary N) is 1. The number of aromatic nitrogens is 1. The lowest BCUT2D eigenvalue weighted by Crippen LogP contribution is -2.38. The smallest absolute Gasteiger partial charge is 0.146 e. The third-order valence-corrected chi connectivity index (χ3v) is 2.40. The van der Waals surface area contributed by atoms with Crippen LogP contribution in [0.2, 0.25) is 0 Å². The highest BCUT2D eigenvalue weighted by atomic mass is 19.1. The molecule has 0 saturated carbocycles. The van der Waals surface area contributed by atoms with Crippen molar-refractivity contribution in [2.45, 2.75) is 32.4 Å². The zero-order chi connectivity index (χ0) is 11.5. The van der Waals surface area contributed by atoms with Gasteiger partial charge in [0.2, 0.25) is 0 Å². The van der Waals surface area contributed by atoms with Gasteiger partial charge in [-0.3, -0.25) is 4.98 Å². The van der Waals surface area contributed by atoms with Gasteiger partial charge in [0.15, 0.2) is 0 Å². The molecule has 0 fully saturated rings. The van der Waals surface area contributed by atoms with E-state index in [4.69, 9.17) is 10.5 Å². The lowest BCUT2D eigenvalue weighted by Gasteiger charge is -2.31. The van der Waals surface area contributed by atoms with Crippen LogP contribution in [0.4, 0.5) is 4.39 Å². The van der Waals surface area contributed by atoms with Gasteiger partial charge in [0, 0.05) is 18.4 Å². The number of halogens is 1. The zero-order valence-corrected chi connectivity index (χ0v) is 9.33. The highest BCUT2D eigenvalue weighted by Crippen LogP contribution is 2.27. The Morgan fingerprint density at radius 3 is 2.80 bits per heavy atom. The number of hydrogen-bond acceptors (Lipinski definition) is 3. The maximum absolute atomic E-state index is 13.4. The Balaban J connectivity index is 2.93. The third kappa shape index (κ3) is 2.73. The van der Waals surface area contributed by atoms with Crippen molar-refractivity contribution in [3.05, 3.63) is 29.8 Å². The summed E-state index contributed by atoms with van der Waals surface area (Å²) in [5, 5.41) is 0. The van der Waals surface area contributed by atoms with Crippen molar-refractivity contribution in [1.82, 2.24) is 4.98 Å². The molecule has 0 aromatic carbocycles. The van der Waals surface area contributed by atoms with Crippen molar-refractivity contribution >= 4 is 0 Å². The molecule has 0 aliphatic rings. The van der Waals surface area contributed by atoms with Crippen LogP contribution < -0.4 is 5.73 Å². The van der Waals surface area contributed by atoms with E-state index in [2.05, 4.69) is 4.98 Å². The quantitative estimate of drug-likeness (QED) is 0.830. The molecule has 0 spiro atoms. The largest absolute Gasteiger partial charge is 0.374 e. The third-order valence-electron chi connectivity index (χ3n) is 2.40. The van der Waals surface area contributed by atoms with Gasteiger partial charge >= 0.3 is 0 Å². The molecule has 0 aliphatic heterocycles. The molecule has 1 unspecified atom stereocenters. The Morgan fingerprint density at radius 2 is 2.27 bits per heavy atom. The highest BCUT2D eigenvalue weighted by Gasteiger charge is 2.29. The molecule has 84 valence electrons. The summed E-state index contributed by atoms with van der Waals surface area (Å²) in [7, 11) is 0. The molecule has 1 aromatic heterocycles. The average molecular weight is 212 g/mol. The fraction of sp³-hybridized carbons (Fsp3) is 0.545. The van der Waals surface area contributed by atoms with Crippen LogP contribution in [0.1, 0.15) is 32.4 Å². The van der Waals surface area contributed by atoms with Crippen LogP contribution >= 0.6 is 0 Å². The van der Waals surface area contributed by atoms with Crippen molar-refractivity contribution in [1.29, 1.82) is 0 Å².